The summed E-state index contributed by atoms with van der Waals surface area (Å²) in [5, 5.41) is 7.76. The third-order valence-corrected chi connectivity index (χ3v) is 4.71. The number of oxazole rings is 1. The van der Waals surface area contributed by atoms with E-state index < -0.39 is 10.8 Å². The molecular weight excluding hydrogens is 310 g/mol. The smallest absolute Gasteiger partial charge is 0.239 e. The van der Waals surface area contributed by atoms with Crippen LogP contribution in [-0.2, 0) is 22.3 Å². The fraction of sp³-hybridized carbons (Fsp3) is 0.308. The van der Waals surface area contributed by atoms with Crippen molar-refractivity contribution in [3.05, 3.63) is 40.1 Å². The Hall–Kier alpha value is -1.80. The largest absolute Gasteiger partial charge is 0.445 e. The summed E-state index contributed by atoms with van der Waals surface area (Å²) in [6.45, 7) is 3.69. The molecule has 0 spiro atoms. The van der Waals surface area contributed by atoms with Crippen molar-refractivity contribution < 1.29 is 13.1 Å². The molecule has 1 atom stereocenters. The van der Waals surface area contributed by atoms with E-state index in [1.54, 1.807) is 11.3 Å². The number of aryl methyl sites for hydroxylation is 2. The number of thiophene rings is 1. The lowest BCUT2D eigenvalue weighted by molar-refractivity contribution is 0.390. The Morgan fingerprint density at radius 2 is 2.05 bits per heavy atom. The molecule has 0 unspecified atom stereocenters. The highest BCUT2D eigenvalue weighted by atomic mass is 32.2. The van der Waals surface area contributed by atoms with Gasteiger partial charge in [-0.05, 0) is 25.3 Å². The van der Waals surface area contributed by atoms with Crippen molar-refractivity contribution in [2.24, 2.45) is 0 Å². The molecule has 21 heavy (non-hydrogen) atoms. The fourth-order valence-electron chi connectivity index (χ4n) is 1.75. The van der Waals surface area contributed by atoms with Crippen LogP contribution in [0.2, 0.25) is 0 Å². The number of nitrogens with zero attached hydrogens (tertiary/aromatic N) is 3. The van der Waals surface area contributed by atoms with Crippen molar-refractivity contribution in [1.82, 2.24) is 15.1 Å². The van der Waals surface area contributed by atoms with Gasteiger partial charge in [0, 0.05) is 21.7 Å². The first-order chi connectivity index (χ1) is 10.1. The number of hydrogen-bond donors (Lipinski definition) is 0. The van der Waals surface area contributed by atoms with Crippen molar-refractivity contribution in [3.8, 4) is 11.4 Å². The van der Waals surface area contributed by atoms with Crippen LogP contribution in [0.25, 0.3) is 11.4 Å². The first-order valence-electron chi connectivity index (χ1n) is 6.25. The van der Waals surface area contributed by atoms with Crippen molar-refractivity contribution in [2.75, 3.05) is 0 Å². The van der Waals surface area contributed by atoms with Crippen LogP contribution in [0.5, 0.6) is 0 Å². The van der Waals surface area contributed by atoms with Gasteiger partial charge in [0.05, 0.1) is 5.69 Å². The summed E-state index contributed by atoms with van der Waals surface area (Å²) in [6, 6.07) is 1.91. The second kappa shape index (κ2) is 5.90. The predicted molar refractivity (Wildman–Crippen MR) is 79.1 cm³/mol. The van der Waals surface area contributed by atoms with Gasteiger partial charge < -0.3 is 8.94 Å². The van der Waals surface area contributed by atoms with Gasteiger partial charge in [0.1, 0.15) is 17.3 Å². The first-order valence-corrected chi connectivity index (χ1v) is 8.68. The molecule has 0 aliphatic heterocycles. The summed E-state index contributed by atoms with van der Waals surface area (Å²) in [5.41, 5.74) is 1.72. The standard InChI is InChI=1S/C13H13N3O3S2/c1-8-9(2)18-11(14-8)6-21(17)7-12-15-13(16-19-12)10-3-4-20-5-10/h3-5H,6-7H2,1-2H3/t21-/m1/s1. The lowest BCUT2D eigenvalue weighted by Gasteiger charge is -1.94. The average molecular weight is 323 g/mol. The van der Waals surface area contributed by atoms with Crippen LogP contribution in [0.3, 0.4) is 0 Å². The molecule has 3 rings (SSSR count). The Morgan fingerprint density at radius 1 is 1.24 bits per heavy atom. The van der Waals surface area contributed by atoms with Crippen LogP contribution >= 0.6 is 11.3 Å². The highest BCUT2D eigenvalue weighted by molar-refractivity contribution is 7.83. The van der Waals surface area contributed by atoms with Gasteiger partial charge in [-0.25, -0.2) is 4.98 Å². The monoisotopic (exact) mass is 323 g/mol. The summed E-state index contributed by atoms with van der Waals surface area (Å²) in [6.07, 6.45) is 0. The third-order valence-electron chi connectivity index (χ3n) is 2.89. The van der Waals surface area contributed by atoms with Crippen LogP contribution < -0.4 is 0 Å². The molecule has 8 heteroatoms. The maximum Gasteiger partial charge on any atom is 0.239 e. The number of rotatable bonds is 5. The van der Waals surface area contributed by atoms with Gasteiger partial charge in [0.25, 0.3) is 0 Å². The molecule has 0 fully saturated rings. The second-order valence-electron chi connectivity index (χ2n) is 4.50. The van der Waals surface area contributed by atoms with E-state index in [4.69, 9.17) is 8.94 Å². The fourth-order valence-corrected chi connectivity index (χ4v) is 3.28. The van der Waals surface area contributed by atoms with Crippen LogP contribution in [0, 0.1) is 13.8 Å². The lowest BCUT2D eigenvalue weighted by atomic mass is 10.3. The zero-order chi connectivity index (χ0) is 14.8. The average Bonchev–Trinajstić information content (AvgIpc) is 3.12. The summed E-state index contributed by atoms with van der Waals surface area (Å²) >= 11 is 1.56. The zero-order valence-electron chi connectivity index (χ0n) is 11.5. The molecule has 3 aromatic heterocycles. The van der Waals surface area contributed by atoms with E-state index in [2.05, 4.69) is 15.1 Å². The van der Waals surface area contributed by atoms with E-state index in [-0.39, 0.29) is 11.5 Å². The molecular formula is C13H13N3O3S2. The third kappa shape index (κ3) is 3.27. The van der Waals surface area contributed by atoms with Crippen LogP contribution in [0.1, 0.15) is 23.2 Å². The summed E-state index contributed by atoms with van der Waals surface area (Å²) in [7, 11) is -1.20. The number of aromatic nitrogens is 3. The second-order valence-corrected chi connectivity index (χ2v) is 6.74. The van der Waals surface area contributed by atoms with Crippen LogP contribution in [0.15, 0.2) is 25.8 Å². The number of hydrogen-bond acceptors (Lipinski definition) is 7. The molecule has 0 saturated heterocycles. The van der Waals surface area contributed by atoms with Gasteiger partial charge in [0.15, 0.2) is 0 Å². The van der Waals surface area contributed by atoms with E-state index in [0.717, 1.165) is 17.0 Å². The molecule has 3 aromatic rings. The minimum atomic E-state index is -1.20. The minimum Gasteiger partial charge on any atom is -0.445 e. The van der Waals surface area contributed by atoms with E-state index in [9.17, 15) is 4.21 Å². The molecule has 0 aromatic carbocycles. The molecule has 110 valence electrons. The highest BCUT2D eigenvalue weighted by Crippen LogP contribution is 2.19. The van der Waals surface area contributed by atoms with Crippen LogP contribution in [-0.4, -0.2) is 19.3 Å². The van der Waals surface area contributed by atoms with Gasteiger partial charge in [-0.15, -0.1) is 0 Å². The van der Waals surface area contributed by atoms with Crippen molar-refractivity contribution in [2.45, 2.75) is 25.4 Å². The molecule has 6 nitrogen and oxygen atoms in total. The van der Waals surface area contributed by atoms with Crippen molar-refractivity contribution >= 4 is 22.1 Å². The van der Waals surface area contributed by atoms with Crippen LogP contribution in [0.4, 0.5) is 0 Å². The molecule has 0 amide bonds. The first kappa shape index (κ1) is 14.2. The predicted octanol–water partition coefficient (Wildman–Crippen LogP) is 2.85. The Kier molecular flexibility index (Phi) is 3.98. The topological polar surface area (TPSA) is 82.0 Å². The maximum atomic E-state index is 12.1. The Morgan fingerprint density at radius 3 is 2.71 bits per heavy atom. The summed E-state index contributed by atoms with van der Waals surface area (Å²) < 4.78 is 22.6. The lowest BCUT2D eigenvalue weighted by Crippen LogP contribution is -2.00. The molecule has 3 heterocycles. The molecule has 0 aliphatic carbocycles. The summed E-state index contributed by atoms with van der Waals surface area (Å²) in [5.74, 6) is 2.53. The summed E-state index contributed by atoms with van der Waals surface area (Å²) in [4.78, 5) is 8.45. The Labute approximate surface area is 127 Å². The van der Waals surface area contributed by atoms with Crippen molar-refractivity contribution in [1.29, 1.82) is 0 Å². The van der Waals surface area contributed by atoms with E-state index >= 15 is 0 Å². The zero-order valence-corrected chi connectivity index (χ0v) is 13.2. The molecule has 0 aliphatic rings. The Balaban J connectivity index is 1.65. The van der Waals surface area contributed by atoms with E-state index in [1.807, 2.05) is 30.7 Å². The van der Waals surface area contributed by atoms with Gasteiger partial charge in [0.2, 0.25) is 17.6 Å². The SMILES string of the molecule is Cc1nc(C[S@@](=O)Cc2nc(-c3ccsc3)no2)oc1C. The van der Waals surface area contributed by atoms with Gasteiger partial charge >= 0.3 is 0 Å². The molecule has 0 radical (unpaired) electrons. The van der Waals surface area contributed by atoms with E-state index in [0.29, 0.717) is 17.6 Å². The quantitative estimate of drug-likeness (QED) is 0.718. The van der Waals surface area contributed by atoms with Gasteiger partial charge in [-0.2, -0.15) is 16.3 Å². The Bertz CT molecular complexity index is 742. The van der Waals surface area contributed by atoms with E-state index in [1.165, 1.54) is 0 Å². The van der Waals surface area contributed by atoms with Gasteiger partial charge in [-0.3, -0.25) is 4.21 Å². The van der Waals surface area contributed by atoms with Gasteiger partial charge in [-0.1, -0.05) is 5.16 Å². The normalized spacial score (nSPS) is 12.7. The van der Waals surface area contributed by atoms with Crippen molar-refractivity contribution in [3.63, 3.8) is 0 Å². The minimum absolute atomic E-state index is 0.192. The molecule has 0 saturated carbocycles. The maximum absolute atomic E-state index is 12.1. The molecule has 0 bridgehead atoms. The highest BCUT2D eigenvalue weighted by Gasteiger charge is 2.15. The molecule has 0 N–H and O–H groups in total.